The minimum Gasteiger partial charge on any atom is -0.507 e. The number of Topliss-reactive ketones (excluding diaryl/α,β-unsaturated/α-hetero) is 1. The lowest BCUT2D eigenvalue weighted by molar-refractivity contribution is -0.140. The normalized spacial score (nSPS) is 17.8. The molecule has 3 aromatic rings. The fraction of sp³-hybridized carbons (Fsp3) is 0.222. The third-order valence-corrected chi connectivity index (χ3v) is 6.06. The zero-order valence-corrected chi connectivity index (χ0v) is 18.7. The molecule has 0 radical (unpaired) electrons. The van der Waals surface area contributed by atoms with Crippen LogP contribution in [-0.2, 0) is 16.1 Å². The molecule has 1 fully saturated rings. The summed E-state index contributed by atoms with van der Waals surface area (Å²) in [4.78, 5) is 32.1. The highest BCUT2D eigenvalue weighted by Crippen LogP contribution is 2.40. The van der Waals surface area contributed by atoms with Crippen molar-refractivity contribution in [2.24, 2.45) is 0 Å². The molecule has 0 bridgehead atoms. The minimum atomic E-state index is -0.696. The highest BCUT2D eigenvalue weighted by atomic mass is 16.3. The molecule has 1 atom stereocenters. The number of hydrogen-bond donors (Lipinski definition) is 1. The van der Waals surface area contributed by atoms with Crippen LogP contribution in [-0.4, -0.2) is 26.7 Å². The van der Waals surface area contributed by atoms with Gasteiger partial charge in [0, 0.05) is 24.5 Å². The number of pyridine rings is 1. The van der Waals surface area contributed by atoms with Gasteiger partial charge in [0.05, 0.1) is 11.6 Å². The van der Waals surface area contributed by atoms with Crippen LogP contribution in [0, 0.1) is 27.7 Å². The zero-order valence-electron chi connectivity index (χ0n) is 18.7. The van der Waals surface area contributed by atoms with E-state index < -0.39 is 17.7 Å². The van der Waals surface area contributed by atoms with Crippen LogP contribution in [0.15, 0.2) is 66.5 Å². The maximum absolute atomic E-state index is 13.2. The fourth-order valence-corrected chi connectivity index (χ4v) is 4.23. The van der Waals surface area contributed by atoms with Crippen LogP contribution >= 0.6 is 0 Å². The number of aromatic nitrogens is 1. The Labute approximate surface area is 188 Å². The van der Waals surface area contributed by atoms with Crippen LogP contribution in [0.25, 0.3) is 5.76 Å². The SMILES string of the molecule is Cc1ccc(C)c(CN2C(=O)C(=O)/C(=C(/O)c3cc(C)ccc3C)C2c2ccncc2)c1. The molecular weight excluding hydrogens is 400 g/mol. The number of ketones is 1. The number of aliphatic hydroxyl groups is 1. The molecule has 5 heteroatoms. The van der Waals surface area contributed by atoms with Crippen molar-refractivity contribution in [1.82, 2.24) is 9.88 Å². The summed E-state index contributed by atoms with van der Waals surface area (Å²) in [5.74, 6) is -1.43. The van der Waals surface area contributed by atoms with Crippen molar-refractivity contribution in [1.29, 1.82) is 0 Å². The van der Waals surface area contributed by atoms with E-state index in [1.54, 1.807) is 29.4 Å². The predicted molar refractivity (Wildman–Crippen MR) is 124 cm³/mol. The summed E-state index contributed by atoms with van der Waals surface area (Å²) in [6, 6.07) is 14.6. The maximum atomic E-state index is 13.2. The second kappa shape index (κ2) is 8.42. The first-order valence-corrected chi connectivity index (χ1v) is 10.6. The lowest BCUT2D eigenvalue weighted by atomic mass is 9.93. The van der Waals surface area contributed by atoms with E-state index in [1.807, 2.05) is 64.1 Å². The Bertz CT molecular complexity index is 1250. The van der Waals surface area contributed by atoms with Crippen LogP contribution in [0.5, 0.6) is 0 Å². The molecule has 2 heterocycles. The third kappa shape index (κ3) is 3.82. The highest BCUT2D eigenvalue weighted by molar-refractivity contribution is 6.46. The molecule has 1 N–H and O–H groups in total. The number of likely N-dealkylation sites (tertiary alicyclic amines) is 1. The molecule has 0 spiro atoms. The van der Waals surface area contributed by atoms with Gasteiger partial charge in [-0.15, -0.1) is 0 Å². The number of hydrogen-bond acceptors (Lipinski definition) is 4. The lowest BCUT2D eigenvalue weighted by Gasteiger charge is -2.26. The number of nitrogens with zero attached hydrogens (tertiary/aromatic N) is 2. The van der Waals surface area contributed by atoms with Crippen molar-refractivity contribution in [3.8, 4) is 0 Å². The quantitative estimate of drug-likeness (QED) is 0.365. The zero-order chi connectivity index (χ0) is 23.0. The molecule has 1 aliphatic rings. The average Bonchev–Trinajstić information content (AvgIpc) is 3.03. The Morgan fingerprint density at radius 2 is 1.53 bits per heavy atom. The highest BCUT2D eigenvalue weighted by Gasteiger charge is 2.46. The summed E-state index contributed by atoms with van der Waals surface area (Å²) in [5, 5.41) is 11.3. The van der Waals surface area contributed by atoms with Gasteiger partial charge in [0.1, 0.15) is 5.76 Å². The Morgan fingerprint density at radius 1 is 0.906 bits per heavy atom. The molecule has 0 saturated carbocycles. The van der Waals surface area contributed by atoms with Gasteiger partial charge in [-0.05, 0) is 68.1 Å². The number of aliphatic hydroxyl groups excluding tert-OH is 1. The van der Waals surface area contributed by atoms with E-state index in [9.17, 15) is 14.7 Å². The first-order valence-electron chi connectivity index (χ1n) is 10.6. The smallest absolute Gasteiger partial charge is 0.295 e. The summed E-state index contributed by atoms with van der Waals surface area (Å²) < 4.78 is 0. The third-order valence-electron chi connectivity index (χ3n) is 6.06. The molecule has 1 unspecified atom stereocenters. The van der Waals surface area contributed by atoms with Gasteiger partial charge < -0.3 is 10.0 Å². The summed E-state index contributed by atoms with van der Waals surface area (Å²) in [7, 11) is 0. The van der Waals surface area contributed by atoms with Gasteiger partial charge in [-0.3, -0.25) is 14.6 Å². The fourth-order valence-electron chi connectivity index (χ4n) is 4.23. The van der Waals surface area contributed by atoms with E-state index >= 15 is 0 Å². The van der Waals surface area contributed by atoms with Crippen LogP contribution in [0.2, 0.25) is 0 Å². The van der Waals surface area contributed by atoms with E-state index in [1.165, 1.54) is 0 Å². The Kier molecular flexibility index (Phi) is 5.66. The topological polar surface area (TPSA) is 70.5 Å². The van der Waals surface area contributed by atoms with Gasteiger partial charge in [0.15, 0.2) is 0 Å². The Hall–Kier alpha value is -3.73. The van der Waals surface area contributed by atoms with E-state index in [0.717, 1.165) is 33.4 Å². The molecule has 32 heavy (non-hydrogen) atoms. The van der Waals surface area contributed by atoms with Crippen LogP contribution < -0.4 is 0 Å². The van der Waals surface area contributed by atoms with Crippen molar-refractivity contribution < 1.29 is 14.7 Å². The second-order valence-electron chi connectivity index (χ2n) is 8.46. The molecule has 1 aliphatic heterocycles. The van der Waals surface area contributed by atoms with Crippen LogP contribution in [0.3, 0.4) is 0 Å². The molecular formula is C27H26N2O3. The molecule has 162 valence electrons. The van der Waals surface area contributed by atoms with Gasteiger partial charge in [-0.25, -0.2) is 0 Å². The second-order valence-corrected chi connectivity index (χ2v) is 8.46. The lowest BCUT2D eigenvalue weighted by Crippen LogP contribution is -2.29. The van der Waals surface area contributed by atoms with Crippen LogP contribution in [0.4, 0.5) is 0 Å². The number of carbonyl (C=O) groups excluding carboxylic acids is 2. The van der Waals surface area contributed by atoms with Crippen molar-refractivity contribution in [3.63, 3.8) is 0 Å². The monoisotopic (exact) mass is 426 g/mol. The van der Waals surface area contributed by atoms with E-state index in [2.05, 4.69) is 4.98 Å². The van der Waals surface area contributed by atoms with E-state index in [0.29, 0.717) is 5.56 Å². The predicted octanol–water partition coefficient (Wildman–Crippen LogP) is 4.94. The van der Waals surface area contributed by atoms with E-state index in [-0.39, 0.29) is 17.9 Å². The number of amides is 1. The summed E-state index contributed by atoms with van der Waals surface area (Å²) in [5.41, 5.74) is 6.30. The van der Waals surface area contributed by atoms with E-state index in [4.69, 9.17) is 0 Å². The van der Waals surface area contributed by atoms with Crippen molar-refractivity contribution in [3.05, 3.63) is 105 Å². The standard InChI is InChI=1S/C27H26N2O3/c1-16-5-7-18(3)21(13-16)15-29-24(20-9-11-28-12-10-20)23(26(31)27(29)32)25(30)22-14-17(2)6-8-19(22)4/h5-14,24,30H,15H2,1-4H3/b25-23+. The maximum Gasteiger partial charge on any atom is 0.295 e. The number of rotatable bonds is 4. The van der Waals surface area contributed by atoms with Crippen molar-refractivity contribution >= 4 is 17.4 Å². The molecule has 0 aliphatic carbocycles. The Morgan fingerprint density at radius 3 is 2.22 bits per heavy atom. The number of carbonyl (C=O) groups is 2. The summed E-state index contributed by atoms with van der Waals surface area (Å²) in [6.07, 6.45) is 3.26. The first-order chi connectivity index (χ1) is 15.3. The van der Waals surface area contributed by atoms with Gasteiger partial charge in [0.2, 0.25) is 0 Å². The minimum absolute atomic E-state index is 0.111. The molecule has 4 rings (SSSR count). The Balaban J connectivity index is 1.90. The van der Waals surface area contributed by atoms with Gasteiger partial charge in [-0.2, -0.15) is 0 Å². The van der Waals surface area contributed by atoms with Crippen molar-refractivity contribution in [2.45, 2.75) is 40.3 Å². The molecule has 1 amide bonds. The molecule has 1 aromatic heterocycles. The van der Waals surface area contributed by atoms with Crippen molar-refractivity contribution in [2.75, 3.05) is 0 Å². The summed E-state index contributed by atoms with van der Waals surface area (Å²) in [6.45, 7) is 8.06. The summed E-state index contributed by atoms with van der Waals surface area (Å²) >= 11 is 0. The molecule has 2 aromatic carbocycles. The number of benzene rings is 2. The average molecular weight is 427 g/mol. The van der Waals surface area contributed by atoms with Crippen LogP contribution in [0.1, 0.15) is 45.0 Å². The van der Waals surface area contributed by atoms with Gasteiger partial charge in [0.25, 0.3) is 11.7 Å². The molecule has 1 saturated heterocycles. The largest absolute Gasteiger partial charge is 0.507 e. The van der Waals surface area contributed by atoms with Gasteiger partial charge in [-0.1, -0.05) is 41.5 Å². The first kappa shape index (κ1) is 21.5. The van der Waals surface area contributed by atoms with Gasteiger partial charge >= 0.3 is 0 Å². The number of aryl methyl sites for hydroxylation is 4. The molecule has 5 nitrogen and oxygen atoms in total.